The Morgan fingerprint density at radius 1 is 0.625 bits per heavy atom. The lowest BCUT2D eigenvalue weighted by Crippen LogP contribution is -2.44. The van der Waals surface area contributed by atoms with Crippen molar-refractivity contribution in [2.45, 2.75) is 149 Å². The number of esters is 2. The average Bonchev–Trinajstić information content (AvgIpc) is 2.96. The maximum absolute atomic E-state index is 12.5. The van der Waals surface area contributed by atoms with Gasteiger partial charge in [0.1, 0.15) is 15.7 Å². The molecule has 0 aromatic carbocycles. The predicted octanol–water partition coefficient (Wildman–Crippen LogP) is 5.69. The van der Waals surface area contributed by atoms with Gasteiger partial charge in [0.25, 0.3) is 0 Å². The summed E-state index contributed by atoms with van der Waals surface area (Å²) in [6.07, 6.45) is 6.28. The van der Waals surface area contributed by atoms with E-state index in [4.69, 9.17) is 29.3 Å². The molecule has 274 valence electrons. The van der Waals surface area contributed by atoms with E-state index in [-0.39, 0.29) is 41.9 Å². The van der Waals surface area contributed by atoms with Gasteiger partial charge in [0, 0.05) is 30.7 Å². The lowest BCUT2D eigenvalue weighted by molar-refractivity contribution is -0.148. The number of rotatable bonds is 29. The summed E-state index contributed by atoms with van der Waals surface area (Å²) in [5.74, 6) is -0.647. The molecule has 6 unspecified atom stereocenters. The van der Waals surface area contributed by atoms with Gasteiger partial charge in [-0.05, 0) is 129 Å². The van der Waals surface area contributed by atoms with Crippen molar-refractivity contribution in [3.8, 4) is 0 Å². The van der Waals surface area contributed by atoms with Crippen molar-refractivity contribution in [2.24, 2.45) is 11.8 Å². The topological polar surface area (TPSA) is 110 Å². The summed E-state index contributed by atoms with van der Waals surface area (Å²) in [5, 5.41) is 13.2. The van der Waals surface area contributed by atoms with E-state index in [9.17, 15) is 9.59 Å². The van der Waals surface area contributed by atoms with Crippen LogP contribution in [0.15, 0.2) is 24.4 Å². The number of nitrogens with one attached hydrogen (secondary N) is 4. The first-order chi connectivity index (χ1) is 22.2. The third-order valence-electron chi connectivity index (χ3n) is 8.46. The summed E-state index contributed by atoms with van der Waals surface area (Å²) in [7, 11) is 7.36. The van der Waals surface area contributed by atoms with E-state index in [1.807, 2.05) is 13.8 Å². The Balaban J connectivity index is 4.20. The molecule has 0 rings (SSSR count). The molecule has 0 aromatic heterocycles. The predicted molar refractivity (Wildman–Crippen MR) is 208 cm³/mol. The minimum absolute atomic E-state index is 0.134. The Hall–Kier alpha value is -1.54. The number of hydrogen-bond donors (Lipinski definition) is 4. The van der Waals surface area contributed by atoms with Gasteiger partial charge in [0.05, 0.1) is 25.0 Å². The van der Waals surface area contributed by atoms with E-state index >= 15 is 0 Å². The summed E-state index contributed by atoms with van der Waals surface area (Å²) in [6, 6.07) is 3.06. The van der Waals surface area contributed by atoms with Gasteiger partial charge in [-0.1, -0.05) is 27.0 Å². The molecule has 4 radical (unpaired) electrons. The van der Waals surface area contributed by atoms with Gasteiger partial charge >= 0.3 is 11.9 Å². The van der Waals surface area contributed by atoms with Gasteiger partial charge in [-0.3, -0.25) is 9.59 Å². The van der Waals surface area contributed by atoms with Crippen LogP contribution in [-0.4, -0.2) is 94.7 Å². The highest BCUT2D eigenvalue weighted by atomic mass is 28.4. The molecular formula is C35H70B2N4O5Si2. The minimum Gasteiger partial charge on any atom is -0.465 e. The molecule has 0 fully saturated rings. The summed E-state index contributed by atoms with van der Waals surface area (Å²) in [5.41, 5.74) is 0.984. The van der Waals surface area contributed by atoms with E-state index in [2.05, 4.69) is 88.3 Å². The average molecular weight is 705 g/mol. The van der Waals surface area contributed by atoms with Crippen LogP contribution in [0.4, 0.5) is 0 Å². The van der Waals surface area contributed by atoms with Gasteiger partial charge in [-0.25, -0.2) is 0 Å². The fraction of sp³-hybridized carbons (Fsp3) is 0.829. The van der Waals surface area contributed by atoms with Crippen LogP contribution < -0.4 is 21.3 Å². The molecule has 0 aliphatic rings. The summed E-state index contributed by atoms with van der Waals surface area (Å²) in [6.45, 7) is 30.8. The number of carbonyl (C=O) groups is 2. The van der Waals surface area contributed by atoms with E-state index in [1.165, 1.54) is 0 Å². The lowest BCUT2D eigenvalue weighted by atomic mass is 10.0. The molecule has 0 amide bonds. The van der Waals surface area contributed by atoms with Crippen molar-refractivity contribution < 1.29 is 23.2 Å². The van der Waals surface area contributed by atoms with Crippen molar-refractivity contribution in [1.82, 2.24) is 21.3 Å². The third-order valence-corrected chi connectivity index (χ3v) is 16.0. The van der Waals surface area contributed by atoms with Crippen molar-refractivity contribution >= 4 is 44.3 Å². The third kappa shape index (κ3) is 25.4. The molecule has 0 spiro atoms. The SMILES string of the molecule is [B]C(=C)NC(C)CCC(C)NCCC(C)C(=O)OCCC[Si](C)(C)O[Si](C)(C)CCCOC(=O)C(C)CNC(C)CCC(C)NC([B])=C. The largest absolute Gasteiger partial charge is 0.465 e. The second-order valence-corrected chi connectivity index (χ2v) is 24.1. The Morgan fingerprint density at radius 2 is 1.02 bits per heavy atom. The zero-order chi connectivity index (χ0) is 36.9. The second kappa shape index (κ2) is 24.6. The first kappa shape index (κ1) is 46.5. The molecule has 0 heterocycles. The molecule has 0 aliphatic heterocycles. The number of ether oxygens (including phenoxy) is 2. The molecule has 0 aliphatic carbocycles. The van der Waals surface area contributed by atoms with Gasteiger partial charge in [-0.2, -0.15) is 0 Å². The van der Waals surface area contributed by atoms with E-state index in [1.54, 1.807) is 0 Å². The highest BCUT2D eigenvalue weighted by Gasteiger charge is 2.32. The van der Waals surface area contributed by atoms with Crippen LogP contribution in [0.2, 0.25) is 38.3 Å². The van der Waals surface area contributed by atoms with Gasteiger partial charge < -0.3 is 34.9 Å². The fourth-order valence-corrected chi connectivity index (χ4v) is 14.4. The molecule has 0 aromatic rings. The zero-order valence-electron chi connectivity index (χ0n) is 32.3. The van der Waals surface area contributed by atoms with Gasteiger partial charge in [0.15, 0.2) is 16.6 Å². The van der Waals surface area contributed by atoms with E-state index in [0.717, 1.165) is 63.6 Å². The Kier molecular flexibility index (Phi) is 23.8. The van der Waals surface area contributed by atoms with Crippen LogP contribution >= 0.6 is 0 Å². The summed E-state index contributed by atoms with van der Waals surface area (Å²) in [4.78, 5) is 25.1. The molecule has 13 heteroatoms. The molecule has 48 heavy (non-hydrogen) atoms. The normalized spacial score (nSPS) is 15.8. The first-order valence-corrected chi connectivity index (χ1v) is 24.4. The maximum atomic E-state index is 12.5. The van der Waals surface area contributed by atoms with E-state index in [0.29, 0.717) is 37.0 Å². The minimum atomic E-state index is -1.93. The van der Waals surface area contributed by atoms with Gasteiger partial charge in [0.2, 0.25) is 0 Å². The van der Waals surface area contributed by atoms with Gasteiger partial charge in [-0.15, -0.1) is 0 Å². The van der Waals surface area contributed by atoms with Crippen molar-refractivity contribution in [2.75, 3.05) is 26.3 Å². The number of hydrogen-bond acceptors (Lipinski definition) is 9. The highest BCUT2D eigenvalue weighted by Crippen LogP contribution is 2.24. The molecule has 9 nitrogen and oxygen atoms in total. The maximum Gasteiger partial charge on any atom is 0.309 e. The van der Waals surface area contributed by atoms with Crippen LogP contribution in [-0.2, 0) is 23.2 Å². The van der Waals surface area contributed by atoms with Crippen LogP contribution in [0, 0.1) is 11.8 Å². The molecule has 0 saturated heterocycles. The molecule has 0 bridgehead atoms. The lowest BCUT2D eigenvalue weighted by Gasteiger charge is -2.34. The monoisotopic (exact) mass is 705 g/mol. The summed E-state index contributed by atoms with van der Waals surface area (Å²) >= 11 is 0. The van der Waals surface area contributed by atoms with Crippen LogP contribution in [0.25, 0.3) is 0 Å². The number of carbonyl (C=O) groups excluding carboxylic acids is 2. The molecule has 6 atom stereocenters. The van der Waals surface area contributed by atoms with Crippen LogP contribution in [0.1, 0.15) is 86.5 Å². The second-order valence-electron chi connectivity index (χ2n) is 15.2. The Morgan fingerprint density at radius 3 is 1.46 bits per heavy atom. The Labute approximate surface area is 299 Å². The first-order valence-electron chi connectivity index (χ1n) is 18.1. The standard InChI is InChI=1S/C35H70B2N4O5Si2/c1-26(19-20-38-28(3)15-17-30(5)40-32(7)36)34(42)44-21-13-23-47(9,10)46-48(11,12)24-14-22-45-35(43)27(2)25-39-29(4)16-18-31(6)41-33(8)37/h26-31,38-41H,7-8,13-25H2,1-6,9-12H3. The smallest absolute Gasteiger partial charge is 0.309 e. The Bertz CT molecular complexity index is 960. The quantitative estimate of drug-likeness (QED) is 0.0444. The zero-order valence-corrected chi connectivity index (χ0v) is 34.3. The van der Waals surface area contributed by atoms with Crippen LogP contribution in [0.5, 0.6) is 0 Å². The van der Waals surface area contributed by atoms with Crippen molar-refractivity contribution in [3.63, 3.8) is 0 Å². The molecular weight excluding hydrogens is 634 g/mol. The highest BCUT2D eigenvalue weighted by molar-refractivity contribution is 6.84. The van der Waals surface area contributed by atoms with Crippen LogP contribution in [0.3, 0.4) is 0 Å². The molecule has 0 saturated carbocycles. The van der Waals surface area contributed by atoms with Crippen molar-refractivity contribution in [3.05, 3.63) is 24.4 Å². The molecule has 4 N–H and O–H groups in total. The summed E-state index contributed by atoms with van der Waals surface area (Å²) < 4.78 is 17.9. The van der Waals surface area contributed by atoms with Crippen molar-refractivity contribution in [1.29, 1.82) is 0 Å². The fourth-order valence-electron chi connectivity index (χ4n) is 5.58. The van der Waals surface area contributed by atoms with E-state index < -0.39 is 16.6 Å².